The van der Waals surface area contributed by atoms with Crippen LogP contribution in [0.15, 0.2) is 53.7 Å². The summed E-state index contributed by atoms with van der Waals surface area (Å²) in [7, 11) is 0. The Morgan fingerprint density at radius 1 is 1.07 bits per heavy atom. The van der Waals surface area contributed by atoms with E-state index in [-0.39, 0.29) is 11.2 Å². The Labute approximate surface area is 164 Å². The van der Waals surface area contributed by atoms with Gasteiger partial charge in [-0.3, -0.25) is 9.36 Å². The molecule has 3 aromatic rings. The quantitative estimate of drug-likeness (QED) is 0.657. The number of amides is 1. The highest BCUT2D eigenvalue weighted by atomic mass is 32.2. The number of aryl methyl sites for hydroxylation is 3. The van der Waals surface area contributed by atoms with Crippen molar-refractivity contribution in [1.29, 1.82) is 0 Å². The van der Waals surface area contributed by atoms with E-state index in [1.54, 1.807) is 0 Å². The number of nitrogens with zero attached hydrogens (tertiary/aromatic N) is 3. The molecule has 5 nitrogen and oxygen atoms in total. The van der Waals surface area contributed by atoms with Crippen LogP contribution in [-0.2, 0) is 11.3 Å². The van der Waals surface area contributed by atoms with Crippen LogP contribution in [0, 0.1) is 20.8 Å². The molecule has 1 amide bonds. The molecular formula is C21H24N4OS. The lowest BCUT2D eigenvalue weighted by molar-refractivity contribution is -0.120. The first-order valence-electron chi connectivity index (χ1n) is 8.93. The highest BCUT2D eigenvalue weighted by Crippen LogP contribution is 2.26. The third-order valence-electron chi connectivity index (χ3n) is 4.29. The number of carbonyl (C=O) groups excluding carboxylic acids is 1. The Balaban J connectivity index is 1.68. The Bertz CT molecular complexity index is 934. The zero-order valence-electron chi connectivity index (χ0n) is 16.1. The number of carbonyl (C=O) groups is 1. The van der Waals surface area contributed by atoms with E-state index in [2.05, 4.69) is 34.6 Å². The smallest absolute Gasteiger partial charge is 0.233 e. The van der Waals surface area contributed by atoms with Gasteiger partial charge >= 0.3 is 0 Å². The Morgan fingerprint density at radius 3 is 2.52 bits per heavy atom. The fraction of sp³-hybridized carbons (Fsp3) is 0.286. The lowest BCUT2D eigenvalue weighted by atomic mass is 10.1. The van der Waals surface area contributed by atoms with Crippen molar-refractivity contribution in [2.45, 2.75) is 44.6 Å². The van der Waals surface area contributed by atoms with Crippen LogP contribution in [-0.4, -0.2) is 25.9 Å². The van der Waals surface area contributed by atoms with Crippen molar-refractivity contribution in [2.24, 2.45) is 0 Å². The van der Waals surface area contributed by atoms with Crippen molar-refractivity contribution in [3.63, 3.8) is 0 Å². The van der Waals surface area contributed by atoms with Gasteiger partial charge in [0.25, 0.3) is 0 Å². The minimum atomic E-state index is -0.275. The molecule has 3 rings (SSSR count). The molecule has 0 bridgehead atoms. The molecule has 0 saturated carbocycles. The van der Waals surface area contributed by atoms with Crippen molar-refractivity contribution in [3.8, 4) is 5.69 Å². The maximum absolute atomic E-state index is 12.5. The SMILES string of the molecule is Cc1ccc(CNC(=O)C(C)Sc2nnc(C)n2-c2cccc(C)c2)cc1. The van der Waals surface area contributed by atoms with Gasteiger partial charge in [0.05, 0.1) is 5.25 Å². The van der Waals surface area contributed by atoms with E-state index in [0.717, 1.165) is 22.2 Å². The molecule has 6 heteroatoms. The van der Waals surface area contributed by atoms with Gasteiger partial charge in [0.15, 0.2) is 5.16 Å². The number of rotatable bonds is 6. The Kier molecular flexibility index (Phi) is 5.96. The summed E-state index contributed by atoms with van der Waals surface area (Å²) >= 11 is 1.41. The molecule has 0 spiro atoms. The summed E-state index contributed by atoms with van der Waals surface area (Å²) in [6, 6.07) is 16.3. The number of thioether (sulfide) groups is 1. The summed E-state index contributed by atoms with van der Waals surface area (Å²) in [5, 5.41) is 11.9. The third-order valence-corrected chi connectivity index (χ3v) is 5.34. The molecule has 1 aromatic heterocycles. The third kappa shape index (κ3) is 4.77. The van der Waals surface area contributed by atoms with Crippen LogP contribution in [0.3, 0.4) is 0 Å². The van der Waals surface area contributed by atoms with Gasteiger partial charge in [-0.1, -0.05) is 53.7 Å². The summed E-state index contributed by atoms with van der Waals surface area (Å²) < 4.78 is 1.99. The van der Waals surface area contributed by atoms with Crippen molar-refractivity contribution < 1.29 is 4.79 Å². The molecule has 0 aliphatic heterocycles. The van der Waals surface area contributed by atoms with Crippen LogP contribution in [0.25, 0.3) is 5.69 Å². The lowest BCUT2D eigenvalue weighted by Gasteiger charge is -2.13. The number of hydrogen-bond acceptors (Lipinski definition) is 4. The number of benzene rings is 2. The monoisotopic (exact) mass is 380 g/mol. The average Bonchev–Trinajstić information content (AvgIpc) is 3.01. The predicted octanol–water partition coefficient (Wildman–Crippen LogP) is 3.99. The topological polar surface area (TPSA) is 59.8 Å². The van der Waals surface area contributed by atoms with Gasteiger partial charge in [-0.15, -0.1) is 10.2 Å². The summed E-state index contributed by atoms with van der Waals surface area (Å²) in [5.41, 5.74) is 4.47. The Morgan fingerprint density at radius 2 is 1.81 bits per heavy atom. The Hall–Kier alpha value is -2.60. The molecule has 140 valence electrons. The molecule has 0 fully saturated rings. The van der Waals surface area contributed by atoms with Gasteiger partial charge in [-0.2, -0.15) is 0 Å². The van der Waals surface area contributed by atoms with Gasteiger partial charge in [-0.25, -0.2) is 0 Å². The van der Waals surface area contributed by atoms with Crippen molar-refractivity contribution in [3.05, 3.63) is 71.0 Å². The van der Waals surface area contributed by atoms with Gasteiger partial charge in [-0.05, 0) is 51.0 Å². The van der Waals surface area contributed by atoms with Gasteiger partial charge in [0.1, 0.15) is 5.82 Å². The number of hydrogen-bond donors (Lipinski definition) is 1. The molecule has 1 N–H and O–H groups in total. The molecule has 2 aromatic carbocycles. The maximum Gasteiger partial charge on any atom is 0.233 e. The van der Waals surface area contributed by atoms with Crippen molar-refractivity contribution in [1.82, 2.24) is 20.1 Å². The van der Waals surface area contributed by atoms with Crippen LogP contribution in [0.2, 0.25) is 0 Å². The van der Waals surface area contributed by atoms with Crippen LogP contribution in [0.4, 0.5) is 0 Å². The van der Waals surface area contributed by atoms with Crippen LogP contribution < -0.4 is 5.32 Å². The molecule has 0 radical (unpaired) electrons. The molecule has 1 atom stereocenters. The van der Waals surface area contributed by atoms with E-state index in [1.807, 2.05) is 61.7 Å². The fourth-order valence-corrected chi connectivity index (χ4v) is 3.67. The van der Waals surface area contributed by atoms with Gasteiger partial charge in [0.2, 0.25) is 5.91 Å². The largest absolute Gasteiger partial charge is 0.351 e. The van der Waals surface area contributed by atoms with Crippen molar-refractivity contribution >= 4 is 17.7 Å². The minimum Gasteiger partial charge on any atom is -0.351 e. The summed E-state index contributed by atoms with van der Waals surface area (Å²) in [4.78, 5) is 12.5. The maximum atomic E-state index is 12.5. The van der Waals surface area contributed by atoms with E-state index in [9.17, 15) is 4.79 Å². The number of aromatic nitrogens is 3. The predicted molar refractivity (Wildman–Crippen MR) is 109 cm³/mol. The zero-order chi connectivity index (χ0) is 19.4. The molecule has 0 saturated heterocycles. The molecule has 0 aliphatic rings. The summed E-state index contributed by atoms with van der Waals surface area (Å²) in [6.45, 7) is 8.43. The molecular weight excluding hydrogens is 356 g/mol. The second-order valence-corrected chi connectivity index (χ2v) is 7.98. The lowest BCUT2D eigenvalue weighted by Crippen LogP contribution is -2.30. The molecule has 0 aliphatic carbocycles. The van der Waals surface area contributed by atoms with Crippen LogP contribution in [0.5, 0.6) is 0 Å². The summed E-state index contributed by atoms with van der Waals surface area (Å²) in [6.07, 6.45) is 0. The number of nitrogens with one attached hydrogen (secondary N) is 1. The molecule has 1 unspecified atom stereocenters. The van der Waals surface area contributed by atoms with E-state index in [4.69, 9.17) is 0 Å². The fourth-order valence-electron chi connectivity index (χ4n) is 2.73. The second kappa shape index (κ2) is 8.39. The normalized spacial score (nSPS) is 12.0. The second-order valence-electron chi connectivity index (χ2n) is 6.67. The van der Waals surface area contributed by atoms with Gasteiger partial charge in [0, 0.05) is 12.2 Å². The standard InChI is InChI=1S/C21H24N4OS/c1-14-8-10-18(11-9-14)13-22-20(26)16(3)27-21-24-23-17(4)25(21)19-7-5-6-15(2)12-19/h5-12,16H,13H2,1-4H3,(H,22,26). The highest BCUT2D eigenvalue weighted by molar-refractivity contribution is 8.00. The summed E-state index contributed by atoms with van der Waals surface area (Å²) in [5.74, 6) is 0.785. The van der Waals surface area contributed by atoms with Crippen molar-refractivity contribution in [2.75, 3.05) is 0 Å². The van der Waals surface area contributed by atoms with Gasteiger partial charge < -0.3 is 5.32 Å². The highest BCUT2D eigenvalue weighted by Gasteiger charge is 2.19. The first-order valence-corrected chi connectivity index (χ1v) is 9.81. The first kappa shape index (κ1) is 19.2. The zero-order valence-corrected chi connectivity index (χ0v) is 16.9. The first-order chi connectivity index (χ1) is 12.9. The van der Waals surface area contributed by atoms with E-state index in [0.29, 0.717) is 6.54 Å². The molecule has 1 heterocycles. The van der Waals surface area contributed by atoms with Crippen LogP contribution >= 0.6 is 11.8 Å². The van der Waals surface area contributed by atoms with E-state index < -0.39 is 0 Å². The van der Waals surface area contributed by atoms with E-state index >= 15 is 0 Å². The minimum absolute atomic E-state index is 0.0166. The van der Waals surface area contributed by atoms with Crippen LogP contribution in [0.1, 0.15) is 29.4 Å². The van der Waals surface area contributed by atoms with E-state index in [1.165, 1.54) is 22.9 Å². The molecule has 27 heavy (non-hydrogen) atoms. The average molecular weight is 381 g/mol.